The number of allylic oxidation sites excluding steroid dienone is 2. The standard InChI is InChI=1S/C27H43N3O/c1-6-7-14-27(28(3)4)15-17-30(18-16-27)20-19-29(5)26(31)21-22(2)24-13-12-23-10-8-9-11-25(23)24/h8-11,13,22H,6-7,12,14-21H2,1-5H3. The van der Waals surface area contributed by atoms with Crippen molar-refractivity contribution < 1.29 is 4.79 Å². The lowest BCUT2D eigenvalue weighted by atomic mass is 9.82. The fourth-order valence-electron chi connectivity index (χ4n) is 5.34. The number of fused-ring (bicyclic) bond motifs is 1. The van der Waals surface area contributed by atoms with Crippen LogP contribution in [-0.4, -0.2) is 73.5 Å². The molecule has 1 unspecified atom stereocenters. The van der Waals surface area contributed by atoms with Crippen LogP contribution in [0, 0.1) is 5.92 Å². The van der Waals surface area contributed by atoms with Crippen LogP contribution in [0.15, 0.2) is 30.3 Å². The molecule has 2 aliphatic rings. The van der Waals surface area contributed by atoms with Crippen LogP contribution in [-0.2, 0) is 11.2 Å². The molecule has 1 aromatic rings. The Morgan fingerprint density at radius 3 is 2.55 bits per heavy atom. The minimum absolute atomic E-state index is 0.264. The lowest BCUT2D eigenvalue weighted by Crippen LogP contribution is -2.53. The first-order valence-corrected chi connectivity index (χ1v) is 12.3. The van der Waals surface area contributed by atoms with Crippen molar-refractivity contribution >= 4 is 11.5 Å². The number of carbonyl (C=O) groups is 1. The maximum Gasteiger partial charge on any atom is 0.222 e. The molecule has 31 heavy (non-hydrogen) atoms. The predicted octanol–water partition coefficient (Wildman–Crippen LogP) is 4.70. The molecule has 0 saturated carbocycles. The molecule has 1 aliphatic heterocycles. The second-order valence-electron chi connectivity index (χ2n) is 10.0. The number of carbonyl (C=O) groups excluding carboxylic acids is 1. The van der Waals surface area contributed by atoms with E-state index in [9.17, 15) is 4.79 Å². The first-order chi connectivity index (χ1) is 14.9. The Morgan fingerprint density at radius 2 is 1.87 bits per heavy atom. The van der Waals surface area contributed by atoms with Gasteiger partial charge in [-0.25, -0.2) is 0 Å². The topological polar surface area (TPSA) is 26.8 Å². The van der Waals surface area contributed by atoms with E-state index in [1.54, 1.807) is 0 Å². The molecular formula is C27H43N3O. The Morgan fingerprint density at radius 1 is 1.16 bits per heavy atom. The van der Waals surface area contributed by atoms with Crippen molar-refractivity contribution in [3.63, 3.8) is 0 Å². The number of amides is 1. The molecule has 1 amide bonds. The predicted molar refractivity (Wildman–Crippen MR) is 131 cm³/mol. The van der Waals surface area contributed by atoms with Gasteiger partial charge in [0, 0.05) is 32.1 Å². The zero-order chi connectivity index (χ0) is 22.4. The van der Waals surface area contributed by atoms with Crippen molar-refractivity contribution in [1.82, 2.24) is 14.7 Å². The third kappa shape index (κ3) is 5.78. The molecule has 4 nitrogen and oxygen atoms in total. The number of benzene rings is 1. The molecule has 1 aromatic carbocycles. The molecular weight excluding hydrogens is 382 g/mol. The van der Waals surface area contributed by atoms with Crippen molar-refractivity contribution in [2.24, 2.45) is 5.92 Å². The van der Waals surface area contributed by atoms with Gasteiger partial charge in [-0.05, 0) is 75.5 Å². The average molecular weight is 426 g/mol. The third-order valence-corrected chi connectivity index (χ3v) is 7.79. The maximum absolute atomic E-state index is 12.9. The molecule has 172 valence electrons. The van der Waals surface area contributed by atoms with Gasteiger partial charge in [-0.1, -0.05) is 57.0 Å². The molecule has 0 bridgehead atoms. The first-order valence-electron chi connectivity index (χ1n) is 12.3. The van der Waals surface area contributed by atoms with Gasteiger partial charge in [-0.3, -0.25) is 4.79 Å². The molecule has 1 atom stereocenters. The summed E-state index contributed by atoms with van der Waals surface area (Å²) in [4.78, 5) is 19.8. The van der Waals surface area contributed by atoms with E-state index in [1.807, 2.05) is 11.9 Å². The lowest BCUT2D eigenvalue weighted by Gasteiger charge is -2.46. The third-order valence-electron chi connectivity index (χ3n) is 7.79. The zero-order valence-electron chi connectivity index (χ0n) is 20.5. The van der Waals surface area contributed by atoms with Crippen molar-refractivity contribution in [2.45, 2.75) is 64.3 Å². The monoisotopic (exact) mass is 425 g/mol. The number of nitrogens with zero attached hydrogens (tertiary/aromatic N) is 3. The smallest absolute Gasteiger partial charge is 0.222 e. The Kier molecular flexibility index (Phi) is 8.35. The van der Waals surface area contributed by atoms with E-state index >= 15 is 0 Å². The van der Waals surface area contributed by atoms with Crippen molar-refractivity contribution in [1.29, 1.82) is 0 Å². The number of likely N-dealkylation sites (tertiary alicyclic amines) is 1. The lowest BCUT2D eigenvalue weighted by molar-refractivity contribution is -0.130. The minimum Gasteiger partial charge on any atom is -0.344 e. The van der Waals surface area contributed by atoms with Gasteiger partial charge < -0.3 is 14.7 Å². The zero-order valence-corrected chi connectivity index (χ0v) is 20.5. The molecule has 0 spiro atoms. The van der Waals surface area contributed by atoms with Gasteiger partial charge in [-0.2, -0.15) is 0 Å². The van der Waals surface area contributed by atoms with Crippen LogP contribution < -0.4 is 0 Å². The van der Waals surface area contributed by atoms with Gasteiger partial charge in [0.05, 0.1) is 0 Å². The van der Waals surface area contributed by atoms with Crippen LogP contribution in [0.3, 0.4) is 0 Å². The van der Waals surface area contributed by atoms with Crippen molar-refractivity contribution in [3.05, 3.63) is 41.5 Å². The second kappa shape index (κ2) is 10.8. The Balaban J connectivity index is 1.44. The van der Waals surface area contributed by atoms with Gasteiger partial charge in [0.25, 0.3) is 0 Å². The Bertz CT molecular complexity index is 761. The number of unbranched alkanes of at least 4 members (excludes halogenated alkanes) is 1. The second-order valence-corrected chi connectivity index (χ2v) is 10.0. The normalized spacial score (nSPS) is 19.2. The van der Waals surface area contributed by atoms with E-state index in [0.29, 0.717) is 12.0 Å². The van der Waals surface area contributed by atoms with Crippen LogP contribution in [0.2, 0.25) is 0 Å². The van der Waals surface area contributed by atoms with Gasteiger partial charge in [0.2, 0.25) is 5.91 Å². The number of rotatable bonds is 10. The first kappa shape index (κ1) is 24.0. The SMILES string of the molecule is CCCCC1(N(C)C)CCN(CCN(C)C(=O)CC(C)C2=CCc3ccccc32)CC1. The Labute approximate surface area is 190 Å². The highest BCUT2D eigenvalue weighted by molar-refractivity contribution is 5.81. The van der Waals surface area contributed by atoms with E-state index < -0.39 is 0 Å². The van der Waals surface area contributed by atoms with Crippen molar-refractivity contribution in [3.8, 4) is 0 Å². The highest BCUT2D eigenvalue weighted by Crippen LogP contribution is 2.34. The summed E-state index contributed by atoms with van der Waals surface area (Å²) in [5.74, 6) is 0.535. The van der Waals surface area contributed by atoms with Crippen LogP contribution in [0.4, 0.5) is 0 Å². The summed E-state index contributed by atoms with van der Waals surface area (Å²) in [7, 11) is 6.47. The summed E-state index contributed by atoms with van der Waals surface area (Å²) in [6, 6.07) is 8.60. The molecule has 3 rings (SSSR count). The molecule has 0 radical (unpaired) electrons. The van der Waals surface area contributed by atoms with E-state index in [4.69, 9.17) is 0 Å². The summed E-state index contributed by atoms with van der Waals surface area (Å²) < 4.78 is 0. The molecule has 0 aromatic heterocycles. The highest BCUT2D eigenvalue weighted by atomic mass is 16.2. The summed E-state index contributed by atoms with van der Waals surface area (Å²) in [5.41, 5.74) is 4.45. The number of likely N-dealkylation sites (N-methyl/N-ethyl adjacent to an activating group) is 1. The molecule has 4 heteroatoms. The highest BCUT2D eigenvalue weighted by Gasteiger charge is 2.35. The quantitative estimate of drug-likeness (QED) is 0.544. The van der Waals surface area contributed by atoms with Gasteiger partial charge in [0.1, 0.15) is 0 Å². The summed E-state index contributed by atoms with van der Waals surface area (Å²) in [6.07, 6.45) is 10.3. The van der Waals surface area contributed by atoms with Gasteiger partial charge in [-0.15, -0.1) is 0 Å². The van der Waals surface area contributed by atoms with Crippen LogP contribution in [0.1, 0.15) is 63.5 Å². The molecule has 1 saturated heterocycles. The molecule has 1 heterocycles. The maximum atomic E-state index is 12.9. The van der Waals surface area contributed by atoms with E-state index in [2.05, 4.69) is 68.1 Å². The van der Waals surface area contributed by atoms with Crippen LogP contribution >= 0.6 is 0 Å². The average Bonchev–Trinajstić information content (AvgIpc) is 3.21. The molecule has 0 N–H and O–H groups in total. The van der Waals surface area contributed by atoms with E-state index in [-0.39, 0.29) is 11.8 Å². The van der Waals surface area contributed by atoms with E-state index in [1.165, 1.54) is 48.8 Å². The van der Waals surface area contributed by atoms with Crippen molar-refractivity contribution in [2.75, 3.05) is 47.3 Å². The fraction of sp³-hybridized carbons (Fsp3) is 0.667. The summed E-state index contributed by atoms with van der Waals surface area (Å²) >= 11 is 0. The molecule has 1 fully saturated rings. The van der Waals surface area contributed by atoms with Gasteiger partial charge >= 0.3 is 0 Å². The Hall–Kier alpha value is -1.65. The van der Waals surface area contributed by atoms with E-state index in [0.717, 1.165) is 32.6 Å². The van der Waals surface area contributed by atoms with Crippen LogP contribution in [0.25, 0.3) is 5.57 Å². The fourth-order valence-corrected chi connectivity index (χ4v) is 5.34. The van der Waals surface area contributed by atoms with Gasteiger partial charge in [0.15, 0.2) is 0 Å². The number of piperidine rings is 1. The van der Waals surface area contributed by atoms with Crippen LogP contribution in [0.5, 0.6) is 0 Å². The summed E-state index contributed by atoms with van der Waals surface area (Å²) in [5, 5.41) is 0. The number of hydrogen-bond acceptors (Lipinski definition) is 3. The largest absolute Gasteiger partial charge is 0.344 e. The summed E-state index contributed by atoms with van der Waals surface area (Å²) in [6.45, 7) is 8.58. The molecule has 1 aliphatic carbocycles. The number of hydrogen-bond donors (Lipinski definition) is 0. The minimum atomic E-state index is 0.264.